The predicted molar refractivity (Wildman–Crippen MR) is 148 cm³/mol. The molecule has 3 aromatic rings. The lowest BCUT2D eigenvalue weighted by Gasteiger charge is -2.30. The maximum Gasteiger partial charge on any atom is 0.338 e. The third-order valence-corrected chi connectivity index (χ3v) is 7.90. The molecule has 0 saturated carbocycles. The van der Waals surface area contributed by atoms with Gasteiger partial charge in [-0.25, -0.2) is 9.79 Å². The van der Waals surface area contributed by atoms with Crippen molar-refractivity contribution in [2.75, 3.05) is 37.8 Å². The summed E-state index contributed by atoms with van der Waals surface area (Å²) in [5.74, 6) is -0.578. The van der Waals surface area contributed by atoms with Crippen LogP contribution in [0, 0.1) is 10.1 Å². The normalized spacial score (nSPS) is 17.6. The number of hydrogen-bond acceptors (Lipinski definition) is 9. The van der Waals surface area contributed by atoms with Crippen molar-refractivity contribution in [2.45, 2.75) is 19.9 Å². The van der Waals surface area contributed by atoms with Crippen LogP contribution in [0.15, 0.2) is 63.5 Å². The van der Waals surface area contributed by atoms with Crippen LogP contribution in [0.4, 0.5) is 11.4 Å². The second-order valence-electron chi connectivity index (χ2n) is 8.92. The van der Waals surface area contributed by atoms with Crippen LogP contribution in [0.3, 0.4) is 0 Å². The Bertz CT molecular complexity index is 1670. The van der Waals surface area contributed by atoms with E-state index in [4.69, 9.17) is 21.1 Å². The van der Waals surface area contributed by atoms with Gasteiger partial charge in [0.05, 0.1) is 40.5 Å². The SMILES string of the molecule is CCOC(=O)C1=C(C)N=c2s/c(=C/c3cc([N+](=O)[O-])ccc3N3CCOCC3)c(=O)n2[C@@H]1c1ccccc1Cl. The van der Waals surface area contributed by atoms with Crippen LogP contribution >= 0.6 is 22.9 Å². The first-order chi connectivity index (χ1) is 18.8. The highest BCUT2D eigenvalue weighted by Gasteiger charge is 2.34. The second kappa shape index (κ2) is 11.1. The molecule has 0 N–H and O–H groups in total. The van der Waals surface area contributed by atoms with Gasteiger partial charge < -0.3 is 14.4 Å². The zero-order chi connectivity index (χ0) is 27.7. The number of morpholine rings is 1. The molecule has 0 unspecified atom stereocenters. The minimum atomic E-state index is -0.847. The molecule has 2 aliphatic rings. The molecule has 5 rings (SSSR count). The van der Waals surface area contributed by atoms with Gasteiger partial charge >= 0.3 is 5.97 Å². The van der Waals surface area contributed by atoms with Gasteiger partial charge in [0.1, 0.15) is 6.04 Å². The molecular formula is C27H25ClN4O6S. The molecule has 39 heavy (non-hydrogen) atoms. The van der Waals surface area contributed by atoms with Crippen molar-refractivity contribution in [3.8, 4) is 0 Å². The number of nitro benzene ring substituents is 1. The van der Waals surface area contributed by atoms with Crippen LogP contribution < -0.4 is 19.8 Å². The number of hydrogen-bond donors (Lipinski definition) is 0. The van der Waals surface area contributed by atoms with Crippen molar-refractivity contribution < 1.29 is 19.2 Å². The number of anilines is 1. The van der Waals surface area contributed by atoms with Gasteiger partial charge in [0.2, 0.25) is 0 Å². The highest BCUT2D eigenvalue weighted by molar-refractivity contribution is 7.07. The van der Waals surface area contributed by atoms with Gasteiger partial charge in [-0.15, -0.1) is 0 Å². The molecule has 0 amide bonds. The highest BCUT2D eigenvalue weighted by atomic mass is 35.5. The van der Waals surface area contributed by atoms with Crippen LogP contribution in [0.2, 0.25) is 5.02 Å². The van der Waals surface area contributed by atoms with Crippen molar-refractivity contribution in [1.82, 2.24) is 4.57 Å². The number of nitro groups is 1. The van der Waals surface area contributed by atoms with Gasteiger partial charge in [0.25, 0.3) is 11.2 Å². The Balaban J connectivity index is 1.73. The fourth-order valence-electron chi connectivity index (χ4n) is 4.79. The quantitative estimate of drug-likeness (QED) is 0.255. The molecule has 1 saturated heterocycles. The summed E-state index contributed by atoms with van der Waals surface area (Å²) in [5.41, 5.74) is 2.04. The van der Waals surface area contributed by atoms with Crippen molar-refractivity contribution in [3.63, 3.8) is 0 Å². The molecule has 0 aliphatic carbocycles. The monoisotopic (exact) mass is 568 g/mol. The van der Waals surface area contributed by atoms with E-state index in [9.17, 15) is 19.7 Å². The first-order valence-corrected chi connectivity index (χ1v) is 13.5. The summed E-state index contributed by atoms with van der Waals surface area (Å²) < 4.78 is 12.5. The van der Waals surface area contributed by atoms with Gasteiger partial charge in [0, 0.05) is 41.5 Å². The maximum atomic E-state index is 13.9. The van der Waals surface area contributed by atoms with E-state index in [1.54, 1.807) is 50.3 Å². The first kappa shape index (κ1) is 26.8. The molecule has 3 heterocycles. The molecule has 0 radical (unpaired) electrons. The lowest BCUT2D eigenvalue weighted by atomic mass is 9.96. The van der Waals surface area contributed by atoms with Crippen molar-refractivity contribution >= 4 is 46.4 Å². The molecule has 10 nitrogen and oxygen atoms in total. The van der Waals surface area contributed by atoms with E-state index in [-0.39, 0.29) is 17.9 Å². The standard InChI is InChI=1S/C27H25ClN4O6S/c1-3-38-26(34)23-16(2)29-27-31(24(23)19-6-4-5-7-20(19)28)25(33)22(39-27)15-17-14-18(32(35)36)8-9-21(17)30-10-12-37-13-11-30/h4-9,14-15,24H,3,10-13H2,1-2H3/b22-15+/t24-/m1/s1. The zero-order valence-electron chi connectivity index (χ0n) is 21.3. The number of fused-ring (bicyclic) bond motifs is 1. The fraction of sp³-hybridized carbons (Fsp3) is 0.296. The van der Waals surface area contributed by atoms with Crippen LogP contribution in [-0.2, 0) is 14.3 Å². The summed E-state index contributed by atoms with van der Waals surface area (Å²) in [6.45, 7) is 5.87. The highest BCUT2D eigenvalue weighted by Crippen LogP contribution is 2.34. The smallest absolute Gasteiger partial charge is 0.338 e. The average Bonchev–Trinajstić information content (AvgIpc) is 3.23. The number of rotatable bonds is 6. The number of ether oxygens (including phenoxy) is 2. The molecule has 1 atom stereocenters. The van der Waals surface area contributed by atoms with E-state index in [2.05, 4.69) is 9.89 Å². The Kier molecular flexibility index (Phi) is 7.65. The zero-order valence-corrected chi connectivity index (χ0v) is 22.8. The summed E-state index contributed by atoms with van der Waals surface area (Å²) in [5, 5.41) is 11.9. The van der Waals surface area contributed by atoms with Crippen LogP contribution in [0.25, 0.3) is 6.08 Å². The number of non-ortho nitro benzene ring substituents is 1. The van der Waals surface area contributed by atoms with E-state index in [1.807, 2.05) is 0 Å². The number of allylic oxidation sites excluding steroid dienone is 1. The lowest BCUT2D eigenvalue weighted by molar-refractivity contribution is -0.384. The van der Waals surface area contributed by atoms with Crippen LogP contribution in [-0.4, -0.2) is 48.4 Å². The number of aromatic nitrogens is 1. The van der Waals surface area contributed by atoms with Crippen molar-refractivity contribution in [3.05, 3.63) is 99.7 Å². The number of carbonyl (C=O) groups is 1. The third-order valence-electron chi connectivity index (χ3n) is 6.58. The number of halogens is 1. The molecule has 12 heteroatoms. The minimum Gasteiger partial charge on any atom is -0.463 e. The lowest BCUT2D eigenvalue weighted by Crippen LogP contribution is -2.40. The van der Waals surface area contributed by atoms with E-state index in [1.165, 1.54) is 16.7 Å². The van der Waals surface area contributed by atoms with Gasteiger partial charge in [-0.2, -0.15) is 0 Å². The topological polar surface area (TPSA) is 116 Å². The number of benzene rings is 2. The Morgan fingerprint density at radius 3 is 2.72 bits per heavy atom. The number of nitrogens with zero attached hydrogens (tertiary/aromatic N) is 4. The summed E-state index contributed by atoms with van der Waals surface area (Å²) in [6, 6.07) is 10.8. The number of esters is 1. The fourth-order valence-corrected chi connectivity index (χ4v) is 6.06. The molecule has 1 fully saturated rings. The summed E-state index contributed by atoms with van der Waals surface area (Å²) >= 11 is 7.70. The van der Waals surface area contributed by atoms with Crippen molar-refractivity contribution in [1.29, 1.82) is 0 Å². The number of carbonyl (C=O) groups excluding carboxylic acids is 1. The largest absolute Gasteiger partial charge is 0.463 e. The van der Waals surface area contributed by atoms with Gasteiger partial charge in [-0.3, -0.25) is 19.5 Å². The third kappa shape index (κ3) is 5.12. The Morgan fingerprint density at radius 1 is 1.28 bits per heavy atom. The molecule has 202 valence electrons. The predicted octanol–water partition coefficient (Wildman–Crippen LogP) is 3.20. The molecule has 0 bridgehead atoms. The van der Waals surface area contributed by atoms with Crippen molar-refractivity contribution in [2.24, 2.45) is 4.99 Å². The van der Waals surface area contributed by atoms with E-state index >= 15 is 0 Å². The van der Waals surface area contributed by atoms with Gasteiger partial charge in [0.15, 0.2) is 4.80 Å². The van der Waals surface area contributed by atoms with E-state index in [0.29, 0.717) is 57.5 Å². The number of thiazole rings is 1. The Hall–Kier alpha value is -3.80. The van der Waals surface area contributed by atoms with Gasteiger partial charge in [-0.05, 0) is 37.6 Å². The molecule has 2 aromatic carbocycles. The van der Waals surface area contributed by atoms with Crippen LogP contribution in [0.5, 0.6) is 0 Å². The van der Waals surface area contributed by atoms with Crippen LogP contribution in [0.1, 0.15) is 31.0 Å². The average molecular weight is 569 g/mol. The maximum absolute atomic E-state index is 13.9. The molecule has 1 aromatic heterocycles. The first-order valence-electron chi connectivity index (χ1n) is 12.4. The van der Waals surface area contributed by atoms with Gasteiger partial charge in [-0.1, -0.05) is 41.1 Å². The van der Waals surface area contributed by atoms with E-state index < -0.39 is 22.5 Å². The molecular weight excluding hydrogens is 544 g/mol. The van der Waals surface area contributed by atoms with E-state index in [0.717, 1.165) is 17.0 Å². The minimum absolute atomic E-state index is 0.0829. The summed E-state index contributed by atoms with van der Waals surface area (Å²) in [4.78, 5) is 45.1. The Morgan fingerprint density at radius 2 is 2.03 bits per heavy atom. The summed E-state index contributed by atoms with van der Waals surface area (Å²) in [7, 11) is 0. The summed E-state index contributed by atoms with van der Waals surface area (Å²) in [6.07, 6.45) is 1.65. The molecule has 2 aliphatic heterocycles. The Labute approximate surface area is 232 Å². The second-order valence-corrected chi connectivity index (χ2v) is 10.3. The molecule has 0 spiro atoms.